The van der Waals surface area contributed by atoms with Crippen LogP contribution in [-0.4, -0.2) is 71.9 Å². The van der Waals surface area contributed by atoms with Crippen molar-refractivity contribution in [2.24, 2.45) is 12.8 Å². The molecule has 0 amide bonds. The van der Waals surface area contributed by atoms with Crippen LogP contribution < -0.4 is 26.2 Å². The molecule has 4 N–H and O–H groups in total. The predicted molar refractivity (Wildman–Crippen MR) is 163 cm³/mol. The van der Waals surface area contributed by atoms with Crippen molar-refractivity contribution in [2.75, 3.05) is 51.6 Å². The number of aryl methyl sites for hydroxylation is 1. The number of fused-ring (bicyclic) bond motifs is 1. The van der Waals surface area contributed by atoms with Crippen molar-refractivity contribution >= 4 is 45.8 Å². The lowest BCUT2D eigenvalue weighted by Crippen LogP contribution is -2.29. The molecule has 0 saturated carbocycles. The second kappa shape index (κ2) is 15.8. The molecule has 0 aliphatic carbocycles. The third-order valence-corrected chi connectivity index (χ3v) is 5.63. The fraction of sp³-hybridized carbons (Fsp3) is 0.407. The normalized spacial score (nSPS) is 10.7. The average Bonchev–Trinajstić information content (AvgIpc) is 2.97. The van der Waals surface area contributed by atoms with Crippen LogP contribution in [0.3, 0.4) is 0 Å². The van der Waals surface area contributed by atoms with Crippen molar-refractivity contribution in [3.63, 3.8) is 0 Å². The van der Waals surface area contributed by atoms with Crippen LogP contribution in [0.4, 0.5) is 23.0 Å². The molecule has 13 nitrogen and oxygen atoms in total. The summed E-state index contributed by atoms with van der Waals surface area (Å²) in [5.74, 6) is 0.483. The van der Waals surface area contributed by atoms with Gasteiger partial charge < -0.3 is 31.0 Å². The number of hydrogen-bond acceptors (Lipinski definition) is 11. The molecular formula is C27H41N9O4. The summed E-state index contributed by atoms with van der Waals surface area (Å²) in [6.07, 6.45) is 3.70. The van der Waals surface area contributed by atoms with Crippen molar-refractivity contribution in [1.29, 1.82) is 5.41 Å². The van der Waals surface area contributed by atoms with Crippen LogP contribution in [0.25, 0.3) is 16.6 Å². The Labute approximate surface area is 234 Å². The highest BCUT2D eigenvalue weighted by Gasteiger charge is 2.22. The number of anilines is 3. The lowest BCUT2D eigenvalue weighted by atomic mass is 10.1. The first-order valence-electron chi connectivity index (χ1n) is 12.9. The Hall–Kier alpha value is -4.52. The third kappa shape index (κ3) is 7.76. The molecule has 1 aromatic carbocycles. The zero-order valence-electron chi connectivity index (χ0n) is 24.8. The molecule has 40 heavy (non-hydrogen) atoms. The van der Waals surface area contributed by atoms with Gasteiger partial charge >= 0.3 is 0 Å². The van der Waals surface area contributed by atoms with E-state index in [0.717, 1.165) is 6.21 Å². The molecule has 0 saturated heterocycles. The molecule has 13 heteroatoms. The second-order valence-electron chi connectivity index (χ2n) is 8.31. The second-order valence-corrected chi connectivity index (χ2v) is 8.31. The number of aromatic nitrogens is 3. The van der Waals surface area contributed by atoms with Crippen molar-refractivity contribution in [3.8, 4) is 5.75 Å². The zero-order chi connectivity index (χ0) is 30.6. The molecule has 3 aromatic rings. The van der Waals surface area contributed by atoms with E-state index in [4.69, 9.17) is 15.9 Å². The summed E-state index contributed by atoms with van der Waals surface area (Å²) in [5, 5.41) is 22.9. The number of benzene rings is 1. The highest BCUT2D eigenvalue weighted by atomic mass is 16.6. The zero-order valence-corrected chi connectivity index (χ0v) is 24.8. The van der Waals surface area contributed by atoms with Gasteiger partial charge in [0.1, 0.15) is 17.1 Å². The molecule has 0 aliphatic rings. The molecule has 0 atom stereocenters. The summed E-state index contributed by atoms with van der Waals surface area (Å²) >= 11 is 0. The summed E-state index contributed by atoms with van der Waals surface area (Å²) in [7, 11) is 8.65. The quantitative estimate of drug-likeness (QED) is 0.189. The van der Waals surface area contributed by atoms with Gasteiger partial charge in [-0.2, -0.15) is 4.98 Å². The van der Waals surface area contributed by atoms with Gasteiger partial charge in [-0.15, -0.1) is 0 Å². The van der Waals surface area contributed by atoms with E-state index in [-0.39, 0.29) is 28.3 Å². The Balaban J connectivity index is 0.00000191. The van der Waals surface area contributed by atoms with Crippen LogP contribution in [0.1, 0.15) is 33.3 Å². The number of ether oxygens (including phenoxy) is 1. The lowest BCUT2D eigenvalue weighted by molar-refractivity contribution is -0.384. The van der Waals surface area contributed by atoms with Crippen molar-refractivity contribution in [1.82, 2.24) is 19.4 Å². The summed E-state index contributed by atoms with van der Waals surface area (Å²) in [5.41, 5.74) is 6.61. The number of nitrogens with zero attached hydrogens (tertiary/aromatic N) is 6. The molecule has 0 radical (unpaired) electrons. The van der Waals surface area contributed by atoms with E-state index in [1.807, 2.05) is 46.7 Å². The molecule has 2 aromatic heterocycles. The maximum atomic E-state index is 12.8. The number of hydrogen-bond donors (Lipinski definition) is 3. The first-order chi connectivity index (χ1) is 19.1. The fourth-order valence-corrected chi connectivity index (χ4v) is 3.60. The molecule has 0 aliphatic heterocycles. The highest BCUT2D eigenvalue weighted by molar-refractivity contribution is 6.08. The number of rotatable bonds is 10. The molecule has 3 rings (SSSR count). The minimum absolute atomic E-state index is 0.106. The van der Waals surface area contributed by atoms with Gasteiger partial charge in [-0.05, 0) is 20.2 Å². The number of nitro groups is 1. The van der Waals surface area contributed by atoms with E-state index in [2.05, 4.69) is 15.3 Å². The minimum atomic E-state index is -0.454. The van der Waals surface area contributed by atoms with E-state index in [9.17, 15) is 14.9 Å². The Morgan fingerprint density at radius 1 is 1.20 bits per heavy atom. The highest BCUT2D eigenvalue weighted by Crippen LogP contribution is 2.38. The van der Waals surface area contributed by atoms with Crippen LogP contribution in [0.2, 0.25) is 0 Å². The fourth-order valence-electron chi connectivity index (χ4n) is 3.60. The van der Waals surface area contributed by atoms with Gasteiger partial charge in [0.25, 0.3) is 11.2 Å². The van der Waals surface area contributed by atoms with Gasteiger partial charge in [0, 0.05) is 68.9 Å². The summed E-state index contributed by atoms with van der Waals surface area (Å²) in [6, 6.07) is 4.53. The number of nitrogens with two attached hydrogens (primary N) is 1. The third-order valence-electron chi connectivity index (χ3n) is 5.63. The number of methoxy groups -OCH3 is 1. The van der Waals surface area contributed by atoms with Gasteiger partial charge in [-0.3, -0.25) is 19.5 Å². The first kappa shape index (κ1) is 33.5. The largest absolute Gasteiger partial charge is 0.494 e. The van der Waals surface area contributed by atoms with Crippen LogP contribution in [0.15, 0.2) is 35.4 Å². The minimum Gasteiger partial charge on any atom is -0.494 e. The van der Waals surface area contributed by atoms with Gasteiger partial charge in [0.05, 0.1) is 23.3 Å². The molecule has 218 valence electrons. The van der Waals surface area contributed by atoms with E-state index < -0.39 is 4.92 Å². The molecule has 0 unspecified atom stereocenters. The number of nitrogens with one attached hydrogen (secondary N) is 2. The van der Waals surface area contributed by atoms with Gasteiger partial charge in [0.2, 0.25) is 5.95 Å². The van der Waals surface area contributed by atoms with Crippen LogP contribution in [-0.2, 0) is 7.05 Å². The Bertz CT molecular complexity index is 1400. The SMILES string of the molecule is CC.CC.COc1cc(N(C)CCN(C)C)c([N+](=O)[O-])cc1Nc1ncc2cc(/C(C=N)=C/N)c(=O)n(C)c2n1. The Morgan fingerprint density at radius 2 is 1.85 bits per heavy atom. The van der Waals surface area contributed by atoms with Crippen molar-refractivity contribution < 1.29 is 9.66 Å². The molecule has 0 bridgehead atoms. The van der Waals surface area contributed by atoms with Crippen molar-refractivity contribution in [2.45, 2.75) is 27.7 Å². The van der Waals surface area contributed by atoms with Crippen LogP contribution >= 0.6 is 0 Å². The summed E-state index contributed by atoms with van der Waals surface area (Å²) in [6.45, 7) is 9.29. The monoisotopic (exact) mass is 555 g/mol. The van der Waals surface area contributed by atoms with Gasteiger partial charge in [-0.25, -0.2) is 4.98 Å². The maximum absolute atomic E-state index is 12.8. The van der Waals surface area contributed by atoms with E-state index in [1.165, 1.54) is 30.1 Å². The smallest absolute Gasteiger partial charge is 0.294 e. The van der Waals surface area contributed by atoms with E-state index >= 15 is 0 Å². The number of likely N-dealkylation sites (N-methyl/N-ethyl adjacent to an activating group) is 2. The van der Waals surface area contributed by atoms with Gasteiger partial charge in [-0.1, -0.05) is 27.7 Å². The molecular weight excluding hydrogens is 514 g/mol. The van der Waals surface area contributed by atoms with Crippen LogP contribution in [0, 0.1) is 15.5 Å². The van der Waals surface area contributed by atoms with E-state index in [1.54, 1.807) is 31.1 Å². The maximum Gasteiger partial charge on any atom is 0.294 e. The average molecular weight is 556 g/mol. The summed E-state index contributed by atoms with van der Waals surface area (Å²) < 4.78 is 6.82. The Kier molecular flexibility index (Phi) is 13.2. The number of pyridine rings is 1. The molecule has 2 heterocycles. The number of nitro benzene ring substituents is 1. The molecule has 0 fully saturated rings. The lowest BCUT2D eigenvalue weighted by Gasteiger charge is -2.22. The van der Waals surface area contributed by atoms with E-state index in [0.29, 0.717) is 41.2 Å². The van der Waals surface area contributed by atoms with Crippen LogP contribution in [0.5, 0.6) is 5.75 Å². The predicted octanol–water partition coefficient (Wildman–Crippen LogP) is 3.99. The topological polar surface area (TPSA) is 169 Å². The summed E-state index contributed by atoms with van der Waals surface area (Å²) in [4.78, 5) is 36.7. The van der Waals surface area contributed by atoms with Crippen molar-refractivity contribution in [3.05, 3.63) is 56.6 Å². The number of allylic oxidation sites excluding steroid dienone is 1. The first-order valence-corrected chi connectivity index (χ1v) is 12.9. The van der Waals surface area contributed by atoms with Gasteiger partial charge in [0.15, 0.2) is 0 Å². The Morgan fingerprint density at radius 3 is 2.38 bits per heavy atom. The standard InChI is InChI=1S/C23H29N9O4.2C2H6/c1-29(2)6-7-30(3)18-10-20(36-5)17(9-19(18)32(34)35)27-23-26-13-14-8-16(15(11-24)12-25)22(33)31(4)21(14)28-23;2*1-2/h8-13,24H,6-7,25H2,1-5H3,(H,26,27,28);2*1-2H3/b15-12+,24-11?;;. The molecule has 0 spiro atoms.